The Bertz CT molecular complexity index is 989. The lowest BCUT2D eigenvalue weighted by atomic mass is 9.99. The highest BCUT2D eigenvalue weighted by atomic mass is 35.5. The standard InChI is InChI=1S/C25H35ClN4O4/c1-16(2)33-25(31)30-8-7-29(13-17(30)3)14-21-11-22(26)10-20(18(21)4)12-23-27-28-24(34-23)19-6-5-9-32-15-19/h10-11,16-17,19H,5-9,12-15H2,1-4H3/t17-,19?/m0/s1. The number of ether oxygens (including phenoxy) is 2. The van der Waals surface area contributed by atoms with Gasteiger partial charge in [-0.1, -0.05) is 11.6 Å². The molecule has 2 atom stereocenters. The van der Waals surface area contributed by atoms with Crippen molar-refractivity contribution in [2.45, 2.75) is 71.6 Å². The molecule has 0 bridgehead atoms. The van der Waals surface area contributed by atoms with E-state index in [1.54, 1.807) is 0 Å². The largest absolute Gasteiger partial charge is 0.447 e. The number of hydrogen-bond donors (Lipinski definition) is 0. The first-order valence-electron chi connectivity index (χ1n) is 12.2. The Balaban J connectivity index is 1.41. The van der Waals surface area contributed by atoms with E-state index in [0.29, 0.717) is 36.4 Å². The maximum absolute atomic E-state index is 12.3. The molecular formula is C25H35ClN4O4. The van der Waals surface area contributed by atoms with Gasteiger partial charge in [0.25, 0.3) is 0 Å². The minimum absolute atomic E-state index is 0.0829. The van der Waals surface area contributed by atoms with E-state index in [2.05, 4.69) is 28.9 Å². The average molecular weight is 491 g/mol. The van der Waals surface area contributed by atoms with Crippen LogP contribution in [0.2, 0.25) is 5.02 Å². The molecular weight excluding hydrogens is 456 g/mol. The SMILES string of the molecule is Cc1c(Cc2nnc(C3CCCOC3)o2)cc(Cl)cc1CN1CCN(C(=O)OC(C)C)[C@@H](C)C1. The van der Waals surface area contributed by atoms with Crippen molar-refractivity contribution in [2.24, 2.45) is 0 Å². The zero-order chi connectivity index (χ0) is 24.2. The van der Waals surface area contributed by atoms with Crippen LogP contribution in [0, 0.1) is 6.92 Å². The first kappa shape index (κ1) is 24.9. The topological polar surface area (TPSA) is 80.9 Å². The number of piperazine rings is 1. The van der Waals surface area contributed by atoms with Gasteiger partial charge in [-0.05, 0) is 69.4 Å². The quantitative estimate of drug-likeness (QED) is 0.586. The van der Waals surface area contributed by atoms with Gasteiger partial charge >= 0.3 is 6.09 Å². The van der Waals surface area contributed by atoms with Crippen molar-refractivity contribution in [3.63, 3.8) is 0 Å². The molecule has 34 heavy (non-hydrogen) atoms. The second-order valence-corrected chi connectivity index (χ2v) is 10.1. The molecule has 0 aliphatic carbocycles. The number of carbonyl (C=O) groups excluding carboxylic acids is 1. The van der Waals surface area contributed by atoms with Gasteiger partial charge in [-0.2, -0.15) is 0 Å². The van der Waals surface area contributed by atoms with E-state index in [1.165, 1.54) is 11.1 Å². The Hall–Kier alpha value is -2.16. The zero-order valence-corrected chi connectivity index (χ0v) is 21.3. The van der Waals surface area contributed by atoms with Crippen LogP contribution in [0.15, 0.2) is 16.5 Å². The summed E-state index contributed by atoms with van der Waals surface area (Å²) in [6.07, 6.45) is 2.23. The molecule has 9 heteroatoms. The van der Waals surface area contributed by atoms with E-state index in [0.717, 1.165) is 44.6 Å². The van der Waals surface area contributed by atoms with E-state index < -0.39 is 0 Å². The molecule has 0 radical (unpaired) electrons. The Kier molecular flexibility index (Phi) is 8.11. The van der Waals surface area contributed by atoms with Crippen molar-refractivity contribution in [1.82, 2.24) is 20.0 Å². The van der Waals surface area contributed by atoms with Gasteiger partial charge in [-0.3, -0.25) is 4.90 Å². The van der Waals surface area contributed by atoms with Crippen LogP contribution in [0.25, 0.3) is 0 Å². The van der Waals surface area contributed by atoms with Crippen molar-refractivity contribution >= 4 is 17.7 Å². The molecule has 0 N–H and O–H groups in total. The molecule has 4 rings (SSSR count). The summed E-state index contributed by atoms with van der Waals surface area (Å²) >= 11 is 6.50. The molecule has 8 nitrogen and oxygen atoms in total. The summed E-state index contributed by atoms with van der Waals surface area (Å²) in [5, 5.41) is 9.25. The molecule has 2 fully saturated rings. The van der Waals surface area contributed by atoms with E-state index in [4.69, 9.17) is 25.5 Å². The average Bonchev–Trinajstić information content (AvgIpc) is 3.25. The minimum atomic E-state index is -0.234. The number of carbonyl (C=O) groups is 1. The van der Waals surface area contributed by atoms with Gasteiger partial charge in [-0.25, -0.2) is 4.79 Å². The third kappa shape index (κ3) is 6.09. The highest BCUT2D eigenvalue weighted by Gasteiger charge is 2.29. The lowest BCUT2D eigenvalue weighted by Gasteiger charge is -2.39. The van der Waals surface area contributed by atoms with Crippen molar-refractivity contribution in [1.29, 1.82) is 0 Å². The number of hydrogen-bond acceptors (Lipinski definition) is 7. The summed E-state index contributed by atoms with van der Waals surface area (Å²) in [5.41, 5.74) is 3.44. The summed E-state index contributed by atoms with van der Waals surface area (Å²) in [4.78, 5) is 16.5. The maximum Gasteiger partial charge on any atom is 0.410 e. The smallest absolute Gasteiger partial charge is 0.410 e. The normalized spacial score (nSPS) is 21.8. The Morgan fingerprint density at radius 3 is 2.76 bits per heavy atom. The van der Waals surface area contributed by atoms with Crippen LogP contribution < -0.4 is 0 Å². The number of halogens is 1. The second-order valence-electron chi connectivity index (χ2n) is 9.68. The third-order valence-electron chi connectivity index (χ3n) is 6.60. The fraction of sp³-hybridized carbons (Fsp3) is 0.640. The summed E-state index contributed by atoms with van der Waals surface area (Å²) < 4.78 is 16.9. The van der Waals surface area contributed by atoms with Gasteiger partial charge in [-0.15, -0.1) is 10.2 Å². The molecule has 1 unspecified atom stereocenters. The Morgan fingerprint density at radius 2 is 2.06 bits per heavy atom. The molecule has 1 aromatic carbocycles. The molecule has 2 aliphatic rings. The molecule has 186 valence electrons. The fourth-order valence-corrected chi connectivity index (χ4v) is 4.97. The van der Waals surface area contributed by atoms with E-state index in [9.17, 15) is 4.79 Å². The van der Waals surface area contributed by atoms with Crippen LogP contribution in [0.4, 0.5) is 4.79 Å². The fourth-order valence-electron chi connectivity index (χ4n) is 4.70. The van der Waals surface area contributed by atoms with Gasteiger partial charge in [0.05, 0.1) is 25.0 Å². The summed E-state index contributed by atoms with van der Waals surface area (Å²) in [7, 11) is 0. The lowest BCUT2D eigenvalue weighted by Crippen LogP contribution is -2.54. The predicted molar refractivity (Wildman–Crippen MR) is 129 cm³/mol. The maximum atomic E-state index is 12.3. The van der Waals surface area contributed by atoms with Gasteiger partial charge < -0.3 is 18.8 Å². The monoisotopic (exact) mass is 490 g/mol. The van der Waals surface area contributed by atoms with Crippen LogP contribution in [0.3, 0.4) is 0 Å². The van der Waals surface area contributed by atoms with Crippen LogP contribution in [0.1, 0.15) is 68.0 Å². The Labute approximate surface area is 206 Å². The first-order chi connectivity index (χ1) is 16.3. The molecule has 1 aromatic heterocycles. The van der Waals surface area contributed by atoms with Crippen LogP contribution in [-0.4, -0.2) is 71.1 Å². The summed E-state index contributed by atoms with van der Waals surface area (Å²) in [6.45, 7) is 12.4. The molecule has 0 spiro atoms. The zero-order valence-electron chi connectivity index (χ0n) is 20.6. The van der Waals surface area contributed by atoms with E-state index in [-0.39, 0.29) is 24.2 Å². The van der Waals surface area contributed by atoms with Gasteiger partial charge in [0, 0.05) is 43.9 Å². The molecule has 3 heterocycles. The van der Waals surface area contributed by atoms with Crippen LogP contribution >= 0.6 is 11.6 Å². The number of amides is 1. The van der Waals surface area contributed by atoms with E-state index in [1.807, 2.05) is 30.9 Å². The molecule has 2 aromatic rings. The van der Waals surface area contributed by atoms with Crippen LogP contribution in [-0.2, 0) is 22.4 Å². The highest BCUT2D eigenvalue weighted by molar-refractivity contribution is 6.30. The van der Waals surface area contributed by atoms with E-state index >= 15 is 0 Å². The van der Waals surface area contributed by atoms with Gasteiger partial charge in [0.2, 0.25) is 11.8 Å². The summed E-state index contributed by atoms with van der Waals surface area (Å²) in [6, 6.07) is 4.10. The highest BCUT2D eigenvalue weighted by Crippen LogP contribution is 2.27. The van der Waals surface area contributed by atoms with Gasteiger partial charge in [0.15, 0.2) is 0 Å². The molecule has 0 saturated carbocycles. The minimum Gasteiger partial charge on any atom is -0.447 e. The van der Waals surface area contributed by atoms with Crippen LogP contribution in [0.5, 0.6) is 0 Å². The van der Waals surface area contributed by atoms with Gasteiger partial charge in [0.1, 0.15) is 0 Å². The first-order valence-corrected chi connectivity index (χ1v) is 12.6. The third-order valence-corrected chi connectivity index (χ3v) is 6.82. The number of rotatable bonds is 6. The predicted octanol–water partition coefficient (Wildman–Crippen LogP) is 4.57. The van der Waals surface area contributed by atoms with Crippen molar-refractivity contribution in [2.75, 3.05) is 32.8 Å². The molecule has 2 aliphatic heterocycles. The number of aromatic nitrogens is 2. The molecule has 2 saturated heterocycles. The van der Waals surface area contributed by atoms with Crippen molar-refractivity contribution < 1.29 is 18.7 Å². The molecule has 1 amide bonds. The summed E-state index contributed by atoms with van der Waals surface area (Å²) in [5.74, 6) is 1.45. The second kappa shape index (κ2) is 11.1. The van der Waals surface area contributed by atoms with Crippen molar-refractivity contribution in [3.8, 4) is 0 Å². The number of benzene rings is 1. The number of nitrogens with zero attached hydrogens (tertiary/aromatic N) is 4. The lowest BCUT2D eigenvalue weighted by molar-refractivity contribution is 0.0349. The van der Waals surface area contributed by atoms with Crippen molar-refractivity contribution in [3.05, 3.63) is 45.6 Å². The Morgan fingerprint density at radius 1 is 1.26 bits per heavy atom.